The van der Waals surface area contributed by atoms with Crippen LogP contribution in [0.5, 0.6) is 0 Å². The van der Waals surface area contributed by atoms with E-state index in [0.717, 1.165) is 16.8 Å². The number of pyridine rings is 2. The summed E-state index contributed by atoms with van der Waals surface area (Å²) in [7, 11) is 0. The van der Waals surface area contributed by atoms with Crippen LogP contribution in [0.25, 0.3) is 16.7 Å². The van der Waals surface area contributed by atoms with E-state index < -0.39 is 53.4 Å². The summed E-state index contributed by atoms with van der Waals surface area (Å²) in [5, 5.41) is 11.2. The maximum atomic E-state index is 14.9. The SMILES string of the molecule is CC[C@@H](NC(=O)c1cn(-c2c(F)cccc2Cl)c2nc(N3CC[C@H](O)C3=O)ccc2c1=O)C(F)(F)F. The third kappa shape index (κ3) is 4.53. The van der Waals surface area contributed by atoms with Crippen LogP contribution in [-0.4, -0.2) is 51.3 Å². The van der Waals surface area contributed by atoms with Gasteiger partial charge in [0.2, 0.25) is 5.43 Å². The first kappa shape index (κ1) is 25.6. The summed E-state index contributed by atoms with van der Waals surface area (Å²) < 4.78 is 55.5. The minimum atomic E-state index is -4.75. The molecule has 2 amide bonds. The summed E-state index contributed by atoms with van der Waals surface area (Å²) in [4.78, 5) is 43.7. The van der Waals surface area contributed by atoms with Gasteiger partial charge in [-0.3, -0.25) is 23.9 Å². The number of carbonyl (C=O) groups is 2. The first-order chi connectivity index (χ1) is 16.9. The molecular weight excluding hydrogens is 508 g/mol. The number of carbonyl (C=O) groups excluding carboxylic acids is 2. The lowest BCUT2D eigenvalue weighted by Crippen LogP contribution is -2.46. The topological polar surface area (TPSA) is 105 Å². The molecule has 1 saturated heterocycles. The number of anilines is 1. The molecule has 2 N–H and O–H groups in total. The smallest absolute Gasteiger partial charge is 0.383 e. The molecule has 2 aromatic heterocycles. The molecule has 1 aliphatic rings. The minimum Gasteiger partial charge on any atom is -0.383 e. The summed E-state index contributed by atoms with van der Waals surface area (Å²) in [6, 6.07) is 4.02. The number of aliphatic hydroxyl groups is 1. The van der Waals surface area contributed by atoms with Crippen molar-refractivity contribution in [3.05, 3.63) is 63.2 Å². The number of nitrogens with one attached hydrogen (secondary N) is 1. The summed E-state index contributed by atoms with van der Waals surface area (Å²) in [5.41, 5.74) is -2.14. The third-order valence-electron chi connectivity index (χ3n) is 5.82. The highest BCUT2D eigenvalue weighted by molar-refractivity contribution is 6.32. The predicted octanol–water partition coefficient (Wildman–Crippen LogP) is 3.35. The van der Waals surface area contributed by atoms with Gasteiger partial charge in [-0.25, -0.2) is 9.37 Å². The van der Waals surface area contributed by atoms with Crippen LogP contribution in [0.1, 0.15) is 30.1 Å². The number of rotatable bonds is 5. The van der Waals surface area contributed by atoms with Gasteiger partial charge in [-0.15, -0.1) is 0 Å². The number of hydrogen-bond donors (Lipinski definition) is 2. The molecule has 8 nitrogen and oxygen atoms in total. The highest BCUT2D eigenvalue weighted by Crippen LogP contribution is 2.29. The molecule has 3 heterocycles. The Bertz CT molecular complexity index is 1410. The molecule has 0 radical (unpaired) electrons. The van der Waals surface area contributed by atoms with Crippen LogP contribution >= 0.6 is 11.6 Å². The summed E-state index contributed by atoms with van der Waals surface area (Å²) in [6.07, 6.45) is -5.43. The van der Waals surface area contributed by atoms with E-state index in [1.165, 1.54) is 36.1 Å². The number of hydrogen-bond acceptors (Lipinski definition) is 5. The van der Waals surface area contributed by atoms with Crippen molar-refractivity contribution in [2.24, 2.45) is 0 Å². The molecule has 36 heavy (non-hydrogen) atoms. The fourth-order valence-electron chi connectivity index (χ4n) is 3.94. The molecule has 0 unspecified atom stereocenters. The fraction of sp³-hybridized carbons (Fsp3) is 0.304. The Morgan fingerprint density at radius 3 is 2.58 bits per heavy atom. The van der Waals surface area contributed by atoms with E-state index in [4.69, 9.17) is 11.6 Å². The van der Waals surface area contributed by atoms with Gasteiger partial charge in [0.25, 0.3) is 11.8 Å². The largest absolute Gasteiger partial charge is 0.408 e. The number of alkyl halides is 3. The Morgan fingerprint density at radius 1 is 1.28 bits per heavy atom. The number of benzene rings is 1. The molecule has 13 heteroatoms. The van der Waals surface area contributed by atoms with Crippen molar-refractivity contribution in [2.75, 3.05) is 11.4 Å². The van der Waals surface area contributed by atoms with Gasteiger partial charge < -0.3 is 10.4 Å². The van der Waals surface area contributed by atoms with Crippen LogP contribution in [0.15, 0.2) is 41.3 Å². The number of para-hydroxylation sites is 1. The van der Waals surface area contributed by atoms with E-state index >= 15 is 0 Å². The van der Waals surface area contributed by atoms with Crippen molar-refractivity contribution in [3.63, 3.8) is 0 Å². The van der Waals surface area contributed by atoms with Gasteiger partial charge in [0.05, 0.1) is 10.4 Å². The van der Waals surface area contributed by atoms with Gasteiger partial charge >= 0.3 is 6.18 Å². The minimum absolute atomic E-state index is 0.0463. The third-order valence-corrected chi connectivity index (χ3v) is 6.13. The van der Waals surface area contributed by atoms with Crippen molar-refractivity contribution in [2.45, 2.75) is 38.1 Å². The zero-order chi connectivity index (χ0) is 26.4. The number of amides is 2. The highest BCUT2D eigenvalue weighted by Gasteiger charge is 2.40. The van der Waals surface area contributed by atoms with Crippen molar-refractivity contribution < 1.29 is 32.3 Å². The van der Waals surface area contributed by atoms with Crippen LogP contribution in [0.3, 0.4) is 0 Å². The Hall–Kier alpha value is -3.51. The molecule has 0 aliphatic carbocycles. The number of fused-ring (bicyclic) bond motifs is 1. The van der Waals surface area contributed by atoms with Crippen LogP contribution in [0, 0.1) is 5.82 Å². The van der Waals surface area contributed by atoms with Crippen molar-refractivity contribution in [1.82, 2.24) is 14.9 Å². The molecule has 0 bridgehead atoms. The Kier molecular flexibility index (Phi) is 6.76. The van der Waals surface area contributed by atoms with Gasteiger partial charge in [0, 0.05) is 19.2 Å². The van der Waals surface area contributed by atoms with Gasteiger partial charge in [0.15, 0.2) is 5.65 Å². The lowest BCUT2D eigenvalue weighted by molar-refractivity contribution is -0.153. The van der Waals surface area contributed by atoms with Crippen molar-refractivity contribution in [1.29, 1.82) is 0 Å². The zero-order valence-corrected chi connectivity index (χ0v) is 19.4. The van der Waals surface area contributed by atoms with Crippen LogP contribution < -0.4 is 15.6 Å². The lowest BCUT2D eigenvalue weighted by Gasteiger charge is -2.21. The number of halogens is 5. The van der Waals surface area contributed by atoms with Gasteiger partial charge in [-0.1, -0.05) is 24.6 Å². The molecule has 2 atom stereocenters. The second-order valence-electron chi connectivity index (χ2n) is 8.12. The molecule has 3 aromatic rings. The standard InChI is InChI=1S/C23H19ClF4N4O4/c1-2-16(23(26,27)28)29-21(35)12-10-32(18-13(24)4-3-5-14(18)25)20-11(19(12)34)6-7-17(30-20)31-9-8-15(33)22(31)36/h3-7,10,15-16,33H,2,8-9H2,1H3,(H,29,35)/t15-,16+/m0/s1. The average Bonchev–Trinajstić information content (AvgIpc) is 3.15. The summed E-state index contributed by atoms with van der Waals surface area (Å²) in [5.74, 6) is -2.74. The molecule has 1 fully saturated rings. The molecule has 0 spiro atoms. The molecular formula is C23H19ClF4N4O4. The molecule has 0 saturated carbocycles. The quantitative estimate of drug-likeness (QED) is 0.496. The Labute approximate surface area is 206 Å². The van der Waals surface area contributed by atoms with Gasteiger partial charge in [0.1, 0.15) is 35.0 Å². The van der Waals surface area contributed by atoms with E-state index in [-0.39, 0.29) is 40.5 Å². The molecule has 1 aromatic carbocycles. The van der Waals surface area contributed by atoms with Gasteiger partial charge in [-0.05, 0) is 30.7 Å². The molecule has 1 aliphatic heterocycles. The maximum Gasteiger partial charge on any atom is 0.408 e. The Morgan fingerprint density at radius 2 is 2.00 bits per heavy atom. The van der Waals surface area contributed by atoms with Crippen molar-refractivity contribution in [3.8, 4) is 5.69 Å². The van der Waals surface area contributed by atoms with Crippen LogP contribution in [0.4, 0.5) is 23.4 Å². The first-order valence-electron chi connectivity index (χ1n) is 10.8. The summed E-state index contributed by atoms with van der Waals surface area (Å²) in [6.45, 7) is 1.36. The zero-order valence-electron chi connectivity index (χ0n) is 18.6. The van der Waals surface area contributed by atoms with Crippen LogP contribution in [0.2, 0.25) is 5.02 Å². The van der Waals surface area contributed by atoms with E-state index in [0.29, 0.717) is 0 Å². The van der Waals surface area contributed by atoms with Gasteiger partial charge in [-0.2, -0.15) is 13.2 Å². The monoisotopic (exact) mass is 526 g/mol. The van der Waals surface area contributed by atoms with Crippen molar-refractivity contribution >= 4 is 40.3 Å². The first-order valence-corrected chi connectivity index (χ1v) is 11.2. The predicted molar refractivity (Wildman–Crippen MR) is 123 cm³/mol. The maximum absolute atomic E-state index is 14.9. The fourth-order valence-corrected chi connectivity index (χ4v) is 4.19. The number of nitrogens with zero attached hydrogens (tertiary/aromatic N) is 3. The normalized spacial score (nSPS) is 17.0. The number of aromatic nitrogens is 2. The van der Waals surface area contributed by atoms with E-state index in [1.54, 1.807) is 5.32 Å². The lowest BCUT2D eigenvalue weighted by atomic mass is 10.1. The molecule has 190 valence electrons. The van der Waals surface area contributed by atoms with E-state index in [9.17, 15) is 37.1 Å². The average molecular weight is 527 g/mol. The Balaban J connectivity index is 1.95. The molecule has 4 rings (SSSR count). The van der Waals surface area contributed by atoms with Crippen LogP contribution in [-0.2, 0) is 4.79 Å². The van der Waals surface area contributed by atoms with E-state index in [1.807, 2.05) is 0 Å². The van der Waals surface area contributed by atoms with E-state index in [2.05, 4.69) is 4.98 Å². The second-order valence-corrected chi connectivity index (χ2v) is 8.53. The highest BCUT2D eigenvalue weighted by atomic mass is 35.5. The number of aliphatic hydroxyl groups excluding tert-OH is 1. The second kappa shape index (κ2) is 9.51. The summed E-state index contributed by atoms with van der Waals surface area (Å²) >= 11 is 6.20.